The number of hydrogen-bond donors (Lipinski definition) is 1. The number of para-hydroxylation sites is 1. The fraction of sp³-hybridized carbons (Fsp3) is 0. The Bertz CT molecular complexity index is 410. The first-order chi connectivity index (χ1) is 7.72. The van der Waals surface area contributed by atoms with Gasteiger partial charge in [0.1, 0.15) is 5.75 Å². The molecule has 1 rings (SSSR count). The van der Waals surface area contributed by atoms with Crippen molar-refractivity contribution in [2.45, 2.75) is 0 Å². The standard InChI is InChI=1S/C12H12N2O2/c1-10(8-9-13-2)14-12(15)16-11-6-4-3-5-7-11/h3-9H,1-2H2,(H,14,15)/b9-8-. The number of rotatable bonds is 4. The number of carbonyl (C=O) groups excluding carboxylic acids is 1. The molecule has 1 N–H and O–H groups in total. The quantitative estimate of drug-likeness (QED) is 0.621. The van der Waals surface area contributed by atoms with Crippen LogP contribution in [0.3, 0.4) is 0 Å². The van der Waals surface area contributed by atoms with Gasteiger partial charge in [-0.15, -0.1) is 0 Å². The lowest BCUT2D eigenvalue weighted by Crippen LogP contribution is -2.24. The van der Waals surface area contributed by atoms with Gasteiger partial charge in [0.15, 0.2) is 0 Å². The van der Waals surface area contributed by atoms with E-state index < -0.39 is 6.09 Å². The van der Waals surface area contributed by atoms with Crippen LogP contribution >= 0.6 is 0 Å². The lowest BCUT2D eigenvalue weighted by Gasteiger charge is -2.05. The van der Waals surface area contributed by atoms with Crippen molar-refractivity contribution in [3.8, 4) is 5.75 Å². The molecule has 1 aromatic carbocycles. The van der Waals surface area contributed by atoms with Crippen LogP contribution in [0.2, 0.25) is 0 Å². The van der Waals surface area contributed by atoms with E-state index in [1.54, 1.807) is 24.3 Å². The molecule has 0 saturated carbocycles. The number of ether oxygens (including phenoxy) is 1. The van der Waals surface area contributed by atoms with E-state index in [0.717, 1.165) is 0 Å². The van der Waals surface area contributed by atoms with Crippen molar-refractivity contribution >= 4 is 12.8 Å². The number of carbonyl (C=O) groups is 1. The fourth-order valence-corrected chi connectivity index (χ4v) is 0.937. The normalized spacial score (nSPS) is 9.75. The van der Waals surface area contributed by atoms with E-state index in [-0.39, 0.29) is 0 Å². The second-order valence-electron chi connectivity index (χ2n) is 2.85. The van der Waals surface area contributed by atoms with E-state index in [9.17, 15) is 4.79 Å². The van der Waals surface area contributed by atoms with E-state index in [4.69, 9.17) is 4.74 Å². The van der Waals surface area contributed by atoms with Crippen LogP contribution < -0.4 is 10.1 Å². The first-order valence-electron chi connectivity index (χ1n) is 4.57. The van der Waals surface area contributed by atoms with Gasteiger partial charge in [0.05, 0.1) is 0 Å². The van der Waals surface area contributed by atoms with Gasteiger partial charge in [0, 0.05) is 11.9 Å². The molecule has 0 atom stereocenters. The summed E-state index contributed by atoms with van der Waals surface area (Å²) >= 11 is 0. The number of allylic oxidation sites excluding steroid dienone is 1. The summed E-state index contributed by atoms with van der Waals surface area (Å²) in [5.74, 6) is 0.471. The Morgan fingerprint density at radius 3 is 2.69 bits per heavy atom. The minimum Gasteiger partial charge on any atom is -0.410 e. The summed E-state index contributed by atoms with van der Waals surface area (Å²) in [6.07, 6.45) is 2.34. The Balaban J connectivity index is 2.45. The van der Waals surface area contributed by atoms with Crippen molar-refractivity contribution in [1.82, 2.24) is 5.32 Å². The van der Waals surface area contributed by atoms with Crippen molar-refractivity contribution in [2.75, 3.05) is 0 Å². The molecule has 0 aliphatic rings. The highest BCUT2D eigenvalue weighted by Gasteiger charge is 2.02. The molecule has 0 aliphatic heterocycles. The maximum absolute atomic E-state index is 11.3. The smallest absolute Gasteiger partial charge is 0.410 e. The number of nitrogens with one attached hydrogen (secondary N) is 1. The topological polar surface area (TPSA) is 50.7 Å². The van der Waals surface area contributed by atoms with Crippen LogP contribution in [0, 0.1) is 0 Å². The van der Waals surface area contributed by atoms with E-state index in [1.165, 1.54) is 12.3 Å². The molecule has 0 spiro atoms. The van der Waals surface area contributed by atoms with Crippen LogP contribution in [0.15, 0.2) is 59.9 Å². The Morgan fingerprint density at radius 1 is 1.38 bits per heavy atom. The molecule has 1 amide bonds. The third kappa shape index (κ3) is 4.23. The van der Waals surface area contributed by atoms with Crippen molar-refractivity contribution in [1.29, 1.82) is 0 Å². The molecule has 4 nitrogen and oxygen atoms in total. The number of nitrogens with zero attached hydrogens (tertiary/aromatic N) is 1. The van der Waals surface area contributed by atoms with Crippen LogP contribution in [-0.2, 0) is 0 Å². The zero-order valence-corrected chi connectivity index (χ0v) is 8.72. The maximum Gasteiger partial charge on any atom is 0.417 e. The summed E-state index contributed by atoms with van der Waals surface area (Å²) in [5, 5.41) is 2.43. The second kappa shape index (κ2) is 6.19. The zero-order valence-electron chi connectivity index (χ0n) is 8.72. The third-order valence-electron chi connectivity index (χ3n) is 1.60. The van der Waals surface area contributed by atoms with Gasteiger partial charge >= 0.3 is 6.09 Å². The Labute approximate surface area is 94.0 Å². The molecule has 0 radical (unpaired) electrons. The highest BCUT2D eigenvalue weighted by molar-refractivity contribution is 5.72. The minimum atomic E-state index is -0.593. The summed E-state index contributed by atoms with van der Waals surface area (Å²) in [6, 6.07) is 8.76. The number of benzene rings is 1. The van der Waals surface area contributed by atoms with Crippen molar-refractivity contribution in [3.05, 3.63) is 54.9 Å². The van der Waals surface area contributed by atoms with Gasteiger partial charge in [-0.1, -0.05) is 24.8 Å². The summed E-state index contributed by atoms with van der Waals surface area (Å²) < 4.78 is 4.97. The summed E-state index contributed by atoms with van der Waals surface area (Å²) in [6.45, 7) is 6.84. The third-order valence-corrected chi connectivity index (χ3v) is 1.60. The number of hydrogen-bond acceptors (Lipinski definition) is 3. The predicted molar refractivity (Wildman–Crippen MR) is 63.4 cm³/mol. The van der Waals surface area contributed by atoms with Gasteiger partial charge in [-0.3, -0.25) is 10.3 Å². The SMILES string of the molecule is C=N/C=C\C(=C)NC(=O)Oc1ccccc1. The van der Waals surface area contributed by atoms with Gasteiger partial charge < -0.3 is 4.74 Å². The molecule has 0 bridgehead atoms. The molecule has 4 heteroatoms. The van der Waals surface area contributed by atoms with E-state index in [0.29, 0.717) is 11.4 Å². The van der Waals surface area contributed by atoms with E-state index >= 15 is 0 Å². The average Bonchev–Trinajstić information content (AvgIpc) is 2.27. The molecule has 1 aromatic rings. The van der Waals surface area contributed by atoms with Crippen molar-refractivity contribution < 1.29 is 9.53 Å². The lowest BCUT2D eigenvalue weighted by molar-refractivity contribution is 0.204. The van der Waals surface area contributed by atoms with Crippen molar-refractivity contribution in [3.63, 3.8) is 0 Å². The van der Waals surface area contributed by atoms with Crippen LogP contribution in [-0.4, -0.2) is 12.8 Å². The molecule has 0 heterocycles. The van der Waals surface area contributed by atoms with Crippen LogP contribution in [0.5, 0.6) is 5.75 Å². The van der Waals surface area contributed by atoms with Gasteiger partial charge in [0.2, 0.25) is 0 Å². The lowest BCUT2D eigenvalue weighted by atomic mass is 10.3. The summed E-state index contributed by atoms with van der Waals surface area (Å²) in [5.41, 5.74) is 0.383. The van der Waals surface area contributed by atoms with Crippen molar-refractivity contribution in [2.24, 2.45) is 4.99 Å². The van der Waals surface area contributed by atoms with Crippen LogP contribution in [0.1, 0.15) is 0 Å². The molecule has 0 aliphatic carbocycles. The Hall–Kier alpha value is -2.36. The van der Waals surface area contributed by atoms with Gasteiger partial charge in [-0.2, -0.15) is 0 Å². The van der Waals surface area contributed by atoms with E-state index in [2.05, 4.69) is 23.6 Å². The molecule has 0 unspecified atom stereocenters. The highest BCUT2D eigenvalue weighted by atomic mass is 16.6. The molecular formula is C12H12N2O2. The maximum atomic E-state index is 11.3. The van der Waals surface area contributed by atoms with Gasteiger partial charge in [-0.25, -0.2) is 4.79 Å². The molecule has 0 aromatic heterocycles. The second-order valence-corrected chi connectivity index (χ2v) is 2.85. The minimum absolute atomic E-state index is 0.383. The zero-order chi connectivity index (χ0) is 11.8. The Morgan fingerprint density at radius 2 is 2.06 bits per heavy atom. The predicted octanol–water partition coefficient (Wildman–Crippen LogP) is 2.50. The number of amides is 1. The molecule has 16 heavy (non-hydrogen) atoms. The number of aliphatic imine (C=N–C) groups is 1. The first kappa shape index (κ1) is 11.7. The molecule has 0 saturated heterocycles. The Kier molecular flexibility index (Phi) is 4.53. The largest absolute Gasteiger partial charge is 0.417 e. The molecule has 0 fully saturated rings. The average molecular weight is 216 g/mol. The van der Waals surface area contributed by atoms with E-state index in [1.807, 2.05) is 6.07 Å². The highest BCUT2D eigenvalue weighted by Crippen LogP contribution is 2.08. The summed E-state index contributed by atoms with van der Waals surface area (Å²) in [7, 11) is 0. The molecular weight excluding hydrogens is 204 g/mol. The van der Waals surface area contributed by atoms with Gasteiger partial charge in [-0.05, 0) is 24.9 Å². The van der Waals surface area contributed by atoms with Crippen LogP contribution in [0.4, 0.5) is 4.79 Å². The van der Waals surface area contributed by atoms with Crippen LogP contribution in [0.25, 0.3) is 0 Å². The monoisotopic (exact) mass is 216 g/mol. The fourth-order valence-electron chi connectivity index (χ4n) is 0.937. The van der Waals surface area contributed by atoms with Gasteiger partial charge in [0.25, 0.3) is 0 Å². The summed E-state index contributed by atoms with van der Waals surface area (Å²) in [4.78, 5) is 14.8. The first-order valence-corrected chi connectivity index (χ1v) is 4.57. The molecule has 82 valence electrons.